The van der Waals surface area contributed by atoms with Gasteiger partial charge in [-0.3, -0.25) is 0 Å². The molecule has 6 N–H and O–H groups in total. The van der Waals surface area contributed by atoms with E-state index in [9.17, 15) is 13.7 Å². The predicted octanol–water partition coefficient (Wildman–Crippen LogP) is 2.50. The molecule has 0 aliphatic rings. The van der Waals surface area contributed by atoms with Gasteiger partial charge in [0.2, 0.25) is 10.0 Å². The quantitative estimate of drug-likeness (QED) is 0.411. The minimum atomic E-state index is -3.89. The smallest absolute Gasteiger partial charge is 0.238 e. The standard InChI is InChI=1S/C19H15N9O2S/c20-10-14-15(11-5-2-1-3-6-11)24-19-16(17(21)27-28(19)18(14)22)26-25-12-7-4-8-13(9-12)31(23,29)30/h1-9H,22H2,(H2,21,27)(H2,23,29,30). The third-order valence-electron chi connectivity index (χ3n) is 4.37. The van der Waals surface area contributed by atoms with E-state index in [1.165, 1.54) is 22.7 Å². The summed E-state index contributed by atoms with van der Waals surface area (Å²) in [6, 6.07) is 16.7. The van der Waals surface area contributed by atoms with Crippen LogP contribution in [0.2, 0.25) is 0 Å². The number of benzene rings is 2. The van der Waals surface area contributed by atoms with Crippen molar-refractivity contribution in [1.29, 1.82) is 5.26 Å². The summed E-state index contributed by atoms with van der Waals surface area (Å²) in [5, 5.41) is 27.0. The fourth-order valence-electron chi connectivity index (χ4n) is 2.92. The second-order valence-electron chi connectivity index (χ2n) is 6.41. The van der Waals surface area contributed by atoms with Crippen LogP contribution in [0.5, 0.6) is 0 Å². The average Bonchev–Trinajstić information content (AvgIpc) is 3.08. The lowest BCUT2D eigenvalue weighted by Crippen LogP contribution is -2.11. The van der Waals surface area contributed by atoms with E-state index in [0.29, 0.717) is 11.3 Å². The van der Waals surface area contributed by atoms with Gasteiger partial charge in [-0.1, -0.05) is 36.4 Å². The minimum absolute atomic E-state index is 0.0142. The SMILES string of the molecule is N#Cc1c(-c2ccccc2)nc2c(N=Nc3cccc(S(N)(=O)=O)c3)c(N)nn2c1N. The van der Waals surface area contributed by atoms with E-state index in [2.05, 4.69) is 20.3 Å². The Hall–Kier alpha value is -4.34. The molecule has 0 fully saturated rings. The molecule has 4 aromatic rings. The summed E-state index contributed by atoms with van der Waals surface area (Å²) in [6.45, 7) is 0. The van der Waals surface area contributed by atoms with E-state index in [4.69, 9.17) is 16.6 Å². The highest BCUT2D eigenvalue weighted by Crippen LogP contribution is 2.34. The van der Waals surface area contributed by atoms with Gasteiger partial charge in [-0.05, 0) is 18.2 Å². The van der Waals surface area contributed by atoms with Gasteiger partial charge >= 0.3 is 0 Å². The second-order valence-corrected chi connectivity index (χ2v) is 7.97. The van der Waals surface area contributed by atoms with Gasteiger partial charge < -0.3 is 11.5 Å². The summed E-state index contributed by atoms with van der Waals surface area (Å²) in [5.41, 5.74) is 13.9. The maximum Gasteiger partial charge on any atom is 0.238 e. The number of anilines is 2. The number of rotatable bonds is 4. The van der Waals surface area contributed by atoms with Gasteiger partial charge in [0.1, 0.15) is 17.5 Å². The first-order valence-corrected chi connectivity index (χ1v) is 10.3. The molecule has 0 aliphatic heterocycles. The van der Waals surface area contributed by atoms with Crippen LogP contribution in [-0.2, 0) is 10.0 Å². The Kier molecular flexibility index (Phi) is 4.82. The molecule has 11 nitrogen and oxygen atoms in total. The van der Waals surface area contributed by atoms with Crippen molar-refractivity contribution < 1.29 is 8.42 Å². The highest BCUT2D eigenvalue weighted by molar-refractivity contribution is 7.89. The molecule has 0 saturated carbocycles. The first-order valence-electron chi connectivity index (χ1n) is 8.77. The van der Waals surface area contributed by atoms with Gasteiger partial charge in [0.05, 0.1) is 16.3 Å². The van der Waals surface area contributed by atoms with Gasteiger partial charge in [0, 0.05) is 5.56 Å². The molecular weight excluding hydrogens is 418 g/mol. The summed E-state index contributed by atoms with van der Waals surface area (Å²) in [5.74, 6) is 0.0374. The first-order chi connectivity index (χ1) is 14.8. The maximum absolute atomic E-state index is 11.5. The minimum Gasteiger partial charge on any atom is -0.382 e. The van der Waals surface area contributed by atoms with Crippen molar-refractivity contribution in [3.05, 3.63) is 60.2 Å². The number of hydrogen-bond donors (Lipinski definition) is 3. The lowest BCUT2D eigenvalue weighted by molar-refractivity contribution is 0.598. The zero-order valence-electron chi connectivity index (χ0n) is 15.8. The van der Waals surface area contributed by atoms with Crippen molar-refractivity contribution in [2.75, 3.05) is 11.5 Å². The molecule has 0 spiro atoms. The van der Waals surface area contributed by atoms with Crippen LogP contribution in [0.25, 0.3) is 16.9 Å². The number of nitrogens with zero attached hydrogens (tertiary/aromatic N) is 6. The molecule has 0 atom stereocenters. The maximum atomic E-state index is 11.5. The molecule has 0 radical (unpaired) electrons. The van der Waals surface area contributed by atoms with Gasteiger partial charge in [-0.2, -0.15) is 14.9 Å². The molecule has 0 unspecified atom stereocenters. The number of primary sulfonamides is 1. The van der Waals surface area contributed by atoms with E-state index in [1.807, 2.05) is 24.3 Å². The molecule has 31 heavy (non-hydrogen) atoms. The van der Waals surface area contributed by atoms with E-state index >= 15 is 0 Å². The second kappa shape index (κ2) is 7.48. The fraction of sp³-hybridized carbons (Fsp3) is 0. The van der Waals surface area contributed by atoms with Crippen molar-refractivity contribution in [1.82, 2.24) is 14.6 Å². The first kappa shape index (κ1) is 20.0. The lowest BCUT2D eigenvalue weighted by atomic mass is 10.1. The Labute approximate surface area is 176 Å². The number of nitrogen functional groups attached to an aromatic ring is 2. The molecule has 2 heterocycles. The third-order valence-corrected chi connectivity index (χ3v) is 5.28. The predicted molar refractivity (Wildman–Crippen MR) is 114 cm³/mol. The molecule has 0 saturated heterocycles. The monoisotopic (exact) mass is 433 g/mol. The van der Waals surface area contributed by atoms with Crippen molar-refractivity contribution >= 4 is 38.7 Å². The number of sulfonamides is 1. The number of aromatic nitrogens is 3. The van der Waals surface area contributed by atoms with Crippen LogP contribution < -0.4 is 16.6 Å². The molecule has 12 heteroatoms. The molecule has 154 valence electrons. The van der Waals surface area contributed by atoms with Crippen LogP contribution in [0.1, 0.15) is 5.56 Å². The molecule has 0 amide bonds. The Bertz CT molecular complexity index is 1490. The van der Waals surface area contributed by atoms with Crippen molar-refractivity contribution in [3.63, 3.8) is 0 Å². The van der Waals surface area contributed by atoms with Crippen LogP contribution in [0.3, 0.4) is 0 Å². The Morgan fingerprint density at radius 2 is 1.77 bits per heavy atom. The fourth-order valence-corrected chi connectivity index (χ4v) is 3.47. The van der Waals surface area contributed by atoms with E-state index in [1.54, 1.807) is 18.2 Å². The number of hydrogen-bond acceptors (Lipinski definition) is 9. The number of nitrogens with two attached hydrogens (primary N) is 3. The molecule has 2 aromatic carbocycles. The van der Waals surface area contributed by atoms with Crippen molar-refractivity contribution in [2.24, 2.45) is 15.4 Å². The largest absolute Gasteiger partial charge is 0.382 e. The van der Waals surface area contributed by atoms with Crippen LogP contribution >= 0.6 is 0 Å². The van der Waals surface area contributed by atoms with Crippen molar-refractivity contribution in [3.8, 4) is 17.3 Å². The lowest BCUT2D eigenvalue weighted by Gasteiger charge is -2.08. The zero-order valence-corrected chi connectivity index (χ0v) is 16.7. The van der Waals surface area contributed by atoms with E-state index < -0.39 is 10.0 Å². The highest BCUT2D eigenvalue weighted by Gasteiger charge is 2.20. The highest BCUT2D eigenvalue weighted by atomic mass is 32.2. The average molecular weight is 433 g/mol. The van der Waals surface area contributed by atoms with E-state index in [-0.39, 0.29) is 39.1 Å². The summed E-state index contributed by atoms with van der Waals surface area (Å²) in [4.78, 5) is 4.41. The topological polar surface area (TPSA) is 191 Å². The molecule has 0 bridgehead atoms. The summed E-state index contributed by atoms with van der Waals surface area (Å²) >= 11 is 0. The Balaban J connectivity index is 1.88. The van der Waals surface area contributed by atoms with Crippen LogP contribution in [-0.4, -0.2) is 23.0 Å². The van der Waals surface area contributed by atoms with Crippen LogP contribution in [0.15, 0.2) is 69.7 Å². The zero-order chi connectivity index (χ0) is 22.2. The Morgan fingerprint density at radius 1 is 1.03 bits per heavy atom. The normalized spacial score (nSPS) is 11.7. The Morgan fingerprint density at radius 3 is 2.45 bits per heavy atom. The third kappa shape index (κ3) is 3.66. The number of fused-ring (bicyclic) bond motifs is 1. The molecule has 4 rings (SSSR count). The van der Waals surface area contributed by atoms with Crippen LogP contribution in [0.4, 0.5) is 23.0 Å². The molecular formula is C19H15N9O2S. The summed E-state index contributed by atoms with van der Waals surface area (Å²) in [7, 11) is -3.89. The van der Waals surface area contributed by atoms with Gasteiger partial charge in [-0.25, -0.2) is 18.5 Å². The van der Waals surface area contributed by atoms with Gasteiger partial charge in [0.25, 0.3) is 0 Å². The summed E-state index contributed by atoms with van der Waals surface area (Å²) in [6.07, 6.45) is 0. The van der Waals surface area contributed by atoms with Crippen molar-refractivity contribution in [2.45, 2.75) is 4.90 Å². The summed E-state index contributed by atoms with van der Waals surface area (Å²) < 4.78 is 24.3. The number of nitriles is 1. The molecule has 0 aliphatic carbocycles. The van der Waals surface area contributed by atoms with E-state index in [0.717, 1.165) is 0 Å². The van der Waals surface area contributed by atoms with Crippen LogP contribution in [0, 0.1) is 11.3 Å². The van der Waals surface area contributed by atoms with Gasteiger partial charge in [0.15, 0.2) is 17.2 Å². The molecule has 2 aromatic heterocycles. The number of azo groups is 1. The van der Waals surface area contributed by atoms with Gasteiger partial charge in [-0.15, -0.1) is 10.2 Å².